The third kappa shape index (κ3) is 5.96. The van der Waals surface area contributed by atoms with Crippen LogP contribution in [0, 0.1) is 0 Å². The molecule has 2 aliphatic rings. The topological polar surface area (TPSA) is 173 Å². The van der Waals surface area contributed by atoms with Crippen LogP contribution < -0.4 is 11.1 Å². The normalized spacial score (nSPS) is 22.3. The van der Waals surface area contributed by atoms with Crippen LogP contribution in [-0.2, 0) is 25.7 Å². The first-order valence-electron chi connectivity index (χ1n) is 9.53. The number of β-lactam (4-membered cyclic amide) rings is 1. The zero-order valence-corrected chi connectivity index (χ0v) is 19.8. The Hall–Kier alpha value is -2.47. The quantitative estimate of drug-likeness (QED) is 0.276. The summed E-state index contributed by atoms with van der Waals surface area (Å²) in [6.07, 6.45) is 0.471. The SMILES string of the molecule is CC(=O)NC1S[C@@H]2C(SC(F)(F)F)C(=O)N2C(C(=O)O)=C1CSc1nnnn1CCCC(N)=O. The molecule has 2 aliphatic heterocycles. The Bertz CT molecular complexity index is 1030. The van der Waals surface area contributed by atoms with Gasteiger partial charge in [0.2, 0.25) is 22.9 Å². The van der Waals surface area contributed by atoms with Crippen molar-refractivity contribution >= 4 is 59.0 Å². The Morgan fingerprint density at radius 3 is 2.62 bits per heavy atom. The van der Waals surface area contributed by atoms with Crippen molar-refractivity contribution in [1.82, 2.24) is 30.4 Å². The fraction of sp³-hybridized carbons (Fsp3) is 0.562. The van der Waals surface area contributed by atoms with E-state index in [9.17, 15) is 37.5 Å². The van der Waals surface area contributed by atoms with E-state index in [-0.39, 0.29) is 29.4 Å². The van der Waals surface area contributed by atoms with Crippen molar-refractivity contribution in [1.29, 1.82) is 0 Å². The van der Waals surface area contributed by atoms with E-state index in [0.29, 0.717) is 6.42 Å². The van der Waals surface area contributed by atoms with Crippen LogP contribution in [0.4, 0.5) is 13.2 Å². The number of rotatable bonds is 10. The Morgan fingerprint density at radius 2 is 2.03 bits per heavy atom. The van der Waals surface area contributed by atoms with Crippen molar-refractivity contribution in [3.63, 3.8) is 0 Å². The van der Waals surface area contributed by atoms with Crippen LogP contribution in [0.3, 0.4) is 0 Å². The Kier molecular flexibility index (Phi) is 8.02. The van der Waals surface area contributed by atoms with E-state index in [1.807, 2.05) is 0 Å². The van der Waals surface area contributed by atoms with Gasteiger partial charge in [-0.05, 0) is 28.6 Å². The zero-order valence-electron chi connectivity index (χ0n) is 17.3. The minimum atomic E-state index is -4.69. The number of halogens is 3. The standard InChI is InChI=1S/C16H18F3N7O5S3/c1-6(27)21-11-7(5-32-15-22-23-24-25(15)4-2-3-8(20)28)9(14(30)31)26-12(29)10(13(26)33-11)34-16(17,18)19/h10-11,13H,2-5H2,1H3,(H2,20,28)(H,21,27)(H,30,31)/t10?,11?,13-/m1/s1. The number of amides is 3. The van der Waals surface area contributed by atoms with Crippen molar-refractivity contribution in [3.05, 3.63) is 11.3 Å². The highest BCUT2D eigenvalue weighted by atomic mass is 32.2. The van der Waals surface area contributed by atoms with Crippen LogP contribution in [0.5, 0.6) is 0 Å². The molecule has 12 nitrogen and oxygen atoms in total. The molecule has 1 fully saturated rings. The van der Waals surface area contributed by atoms with Crippen molar-refractivity contribution in [2.24, 2.45) is 5.73 Å². The molecule has 1 saturated heterocycles. The molecule has 4 N–H and O–H groups in total. The number of alkyl halides is 3. The van der Waals surface area contributed by atoms with Gasteiger partial charge in [-0.2, -0.15) is 13.2 Å². The fourth-order valence-electron chi connectivity index (χ4n) is 3.24. The summed E-state index contributed by atoms with van der Waals surface area (Å²) in [5, 5.41) is 20.2. The molecular formula is C16H18F3N7O5S3. The molecule has 3 heterocycles. The van der Waals surface area contributed by atoms with E-state index in [4.69, 9.17) is 5.73 Å². The number of nitrogens with one attached hydrogen (secondary N) is 1. The molecule has 0 spiro atoms. The molecule has 3 amide bonds. The number of aliphatic carboxylic acids is 1. The molecule has 2 unspecified atom stereocenters. The number of carbonyl (C=O) groups is 4. The minimum absolute atomic E-state index is 0.0800. The lowest BCUT2D eigenvalue weighted by atomic mass is 10.1. The van der Waals surface area contributed by atoms with Crippen LogP contribution in [0.25, 0.3) is 0 Å². The van der Waals surface area contributed by atoms with Gasteiger partial charge < -0.3 is 16.2 Å². The van der Waals surface area contributed by atoms with Crippen molar-refractivity contribution < 1.29 is 37.5 Å². The summed E-state index contributed by atoms with van der Waals surface area (Å²) < 4.78 is 40.0. The molecule has 0 radical (unpaired) electrons. The molecule has 18 heteroatoms. The Morgan fingerprint density at radius 1 is 1.32 bits per heavy atom. The molecule has 0 aromatic carbocycles. The number of nitrogens with zero attached hydrogens (tertiary/aromatic N) is 5. The summed E-state index contributed by atoms with van der Waals surface area (Å²) in [4.78, 5) is 48.0. The van der Waals surface area contributed by atoms with Gasteiger partial charge in [0.05, 0.1) is 0 Å². The number of aryl methyl sites for hydroxylation is 1. The average Bonchev–Trinajstić information content (AvgIpc) is 3.16. The average molecular weight is 542 g/mol. The van der Waals surface area contributed by atoms with Gasteiger partial charge in [0.15, 0.2) is 0 Å². The molecule has 34 heavy (non-hydrogen) atoms. The van der Waals surface area contributed by atoms with E-state index < -0.39 is 62.7 Å². The summed E-state index contributed by atoms with van der Waals surface area (Å²) in [6, 6.07) is 0. The predicted molar refractivity (Wildman–Crippen MR) is 115 cm³/mol. The number of aromatic nitrogens is 4. The summed E-state index contributed by atoms with van der Waals surface area (Å²) >= 11 is 1.36. The maximum absolute atomic E-state index is 12.9. The Labute approximate surface area is 202 Å². The number of carboxylic acids is 1. The Balaban J connectivity index is 1.86. The number of carbonyl (C=O) groups excluding carboxylic acids is 3. The number of primary amides is 1. The van der Waals surface area contributed by atoms with Gasteiger partial charge in [-0.15, -0.1) is 16.9 Å². The summed E-state index contributed by atoms with van der Waals surface area (Å²) in [7, 11) is 0. The highest BCUT2D eigenvalue weighted by Crippen LogP contribution is 2.51. The first kappa shape index (κ1) is 26.1. The van der Waals surface area contributed by atoms with E-state index in [1.54, 1.807) is 0 Å². The smallest absolute Gasteiger partial charge is 0.442 e. The van der Waals surface area contributed by atoms with Crippen LogP contribution in [0.1, 0.15) is 19.8 Å². The number of carboxylic acid groups (broad SMARTS) is 1. The molecule has 186 valence electrons. The first-order chi connectivity index (χ1) is 15.9. The van der Waals surface area contributed by atoms with Gasteiger partial charge >= 0.3 is 11.5 Å². The number of tetrazole rings is 1. The largest absolute Gasteiger partial charge is 0.477 e. The third-order valence-corrected chi connectivity index (χ3v) is 8.17. The number of thioether (sulfide) groups is 3. The molecular weight excluding hydrogens is 523 g/mol. The van der Waals surface area contributed by atoms with E-state index in [0.717, 1.165) is 28.4 Å². The van der Waals surface area contributed by atoms with E-state index >= 15 is 0 Å². The lowest BCUT2D eigenvalue weighted by molar-refractivity contribution is -0.145. The maximum atomic E-state index is 12.9. The van der Waals surface area contributed by atoms with E-state index in [1.165, 1.54) is 11.6 Å². The monoisotopic (exact) mass is 541 g/mol. The van der Waals surface area contributed by atoms with Gasteiger partial charge in [-0.1, -0.05) is 11.8 Å². The maximum Gasteiger partial charge on any atom is 0.442 e. The highest BCUT2D eigenvalue weighted by Gasteiger charge is 2.59. The van der Waals surface area contributed by atoms with Gasteiger partial charge in [0.1, 0.15) is 21.7 Å². The predicted octanol–water partition coefficient (Wildman–Crippen LogP) is 0.368. The van der Waals surface area contributed by atoms with Gasteiger partial charge in [-0.3, -0.25) is 19.3 Å². The van der Waals surface area contributed by atoms with Crippen LogP contribution in [-0.4, -0.2) is 81.2 Å². The molecule has 3 atom stereocenters. The van der Waals surface area contributed by atoms with Crippen molar-refractivity contribution in [2.75, 3.05) is 5.75 Å². The molecule has 0 saturated carbocycles. The van der Waals surface area contributed by atoms with Crippen LogP contribution >= 0.6 is 35.3 Å². The van der Waals surface area contributed by atoms with Gasteiger partial charge in [0.25, 0.3) is 0 Å². The fourth-order valence-corrected chi connectivity index (χ4v) is 6.86. The zero-order chi connectivity index (χ0) is 25.2. The number of hydrogen-bond donors (Lipinski definition) is 3. The van der Waals surface area contributed by atoms with E-state index in [2.05, 4.69) is 20.8 Å². The lowest BCUT2D eigenvalue weighted by Crippen LogP contribution is -2.66. The number of fused-ring (bicyclic) bond motifs is 1. The van der Waals surface area contributed by atoms with Crippen LogP contribution in [0.15, 0.2) is 16.4 Å². The molecule has 0 bridgehead atoms. The molecule has 1 aromatic heterocycles. The highest BCUT2D eigenvalue weighted by molar-refractivity contribution is 8.05. The molecule has 1 aromatic rings. The number of hydrogen-bond acceptors (Lipinski definition) is 10. The van der Waals surface area contributed by atoms with Crippen molar-refractivity contribution in [3.8, 4) is 0 Å². The second kappa shape index (κ2) is 10.4. The summed E-state index contributed by atoms with van der Waals surface area (Å²) in [6.45, 7) is 1.45. The summed E-state index contributed by atoms with van der Waals surface area (Å²) in [5.74, 6) is -3.59. The van der Waals surface area contributed by atoms with Gasteiger partial charge in [-0.25, -0.2) is 9.48 Å². The first-order valence-corrected chi connectivity index (χ1v) is 12.3. The lowest BCUT2D eigenvalue weighted by Gasteiger charge is -2.51. The minimum Gasteiger partial charge on any atom is -0.477 e. The number of nitrogens with two attached hydrogens (primary N) is 1. The second-order valence-electron chi connectivity index (χ2n) is 7.02. The molecule has 3 rings (SSSR count). The summed E-state index contributed by atoms with van der Waals surface area (Å²) in [5.41, 5.74) is 0.0558. The molecule has 0 aliphatic carbocycles. The second-order valence-corrected chi connectivity index (χ2v) is 10.4. The van der Waals surface area contributed by atoms with Gasteiger partial charge in [0, 0.05) is 31.2 Å². The van der Waals surface area contributed by atoms with Crippen LogP contribution in [0.2, 0.25) is 0 Å². The van der Waals surface area contributed by atoms with Crippen molar-refractivity contribution in [2.45, 2.75) is 53.0 Å². The third-order valence-electron chi connectivity index (χ3n) is 4.58.